The predicted octanol–water partition coefficient (Wildman–Crippen LogP) is 1.25. The van der Waals surface area contributed by atoms with E-state index in [4.69, 9.17) is 5.73 Å². The Balaban J connectivity index is 2.26. The standard InChI is InChI=1S/C10H11N5S/c1-14-3-2-7(5-14)8-6-16-10-13-12-9(4-11)15(8)10/h2-3,5-6H,4,11H2,1H3. The Morgan fingerprint density at radius 1 is 1.44 bits per heavy atom. The van der Waals surface area contributed by atoms with Gasteiger partial charge in [0.1, 0.15) is 0 Å². The van der Waals surface area contributed by atoms with Crippen molar-refractivity contribution in [1.82, 2.24) is 19.2 Å². The Hall–Kier alpha value is -1.66. The van der Waals surface area contributed by atoms with Gasteiger partial charge in [-0.05, 0) is 6.07 Å². The van der Waals surface area contributed by atoms with E-state index >= 15 is 0 Å². The second-order valence-corrected chi connectivity index (χ2v) is 4.46. The largest absolute Gasteiger partial charge is 0.357 e. The zero-order valence-corrected chi connectivity index (χ0v) is 9.61. The van der Waals surface area contributed by atoms with E-state index in [2.05, 4.69) is 27.8 Å². The highest BCUT2D eigenvalue weighted by Crippen LogP contribution is 2.26. The normalized spacial score (nSPS) is 11.4. The molecule has 6 heteroatoms. The van der Waals surface area contributed by atoms with Crippen LogP contribution < -0.4 is 5.73 Å². The minimum atomic E-state index is 0.401. The first-order valence-corrected chi connectivity index (χ1v) is 5.81. The van der Waals surface area contributed by atoms with Gasteiger partial charge in [-0.2, -0.15) is 0 Å². The summed E-state index contributed by atoms with van der Waals surface area (Å²) in [6.45, 7) is 0.401. The molecule has 0 atom stereocenters. The molecule has 0 saturated carbocycles. The Labute approximate surface area is 96.1 Å². The van der Waals surface area contributed by atoms with E-state index < -0.39 is 0 Å². The third kappa shape index (κ3) is 1.27. The summed E-state index contributed by atoms with van der Waals surface area (Å²) < 4.78 is 4.03. The highest BCUT2D eigenvalue weighted by atomic mass is 32.1. The zero-order chi connectivity index (χ0) is 11.1. The number of rotatable bonds is 2. The molecule has 82 valence electrons. The monoisotopic (exact) mass is 233 g/mol. The first-order chi connectivity index (χ1) is 7.79. The maximum atomic E-state index is 5.65. The van der Waals surface area contributed by atoms with Gasteiger partial charge in [0.25, 0.3) is 0 Å². The molecule has 16 heavy (non-hydrogen) atoms. The first-order valence-electron chi connectivity index (χ1n) is 4.93. The van der Waals surface area contributed by atoms with Crippen LogP contribution in [0.4, 0.5) is 0 Å². The summed E-state index contributed by atoms with van der Waals surface area (Å²) in [7, 11) is 2.00. The molecule has 0 bridgehead atoms. The lowest BCUT2D eigenvalue weighted by atomic mass is 10.3. The van der Waals surface area contributed by atoms with Crippen molar-refractivity contribution in [3.63, 3.8) is 0 Å². The van der Waals surface area contributed by atoms with Crippen LogP contribution in [0.2, 0.25) is 0 Å². The van der Waals surface area contributed by atoms with Gasteiger partial charge < -0.3 is 10.3 Å². The van der Waals surface area contributed by atoms with Crippen molar-refractivity contribution in [2.75, 3.05) is 0 Å². The average molecular weight is 233 g/mol. The highest BCUT2D eigenvalue weighted by molar-refractivity contribution is 7.15. The molecular formula is C10H11N5S. The highest BCUT2D eigenvalue weighted by Gasteiger charge is 2.12. The van der Waals surface area contributed by atoms with Crippen molar-refractivity contribution in [1.29, 1.82) is 0 Å². The number of thiazole rings is 1. The number of hydrogen-bond donors (Lipinski definition) is 1. The van der Waals surface area contributed by atoms with Gasteiger partial charge in [-0.1, -0.05) is 0 Å². The summed E-state index contributed by atoms with van der Waals surface area (Å²) in [4.78, 5) is 0.888. The van der Waals surface area contributed by atoms with E-state index in [1.54, 1.807) is 11.3 Å². The fourth-order valence-corrected chi connectivity index (χ4v) is 2.62. The predicted molar refractivity (Wildman–Crippen MR) is 63.2 cm³/mol. The average Bonchev–Trinajstić information content (AvgIpc) is 2.92. The van der Waals surface area contributed by atoms with Crippen molar-refractivity contribution in [2.24, 2.45) is 12.8 Å². The van der Waals surface area contributed by atoms with E-state index in [0.29, 0.717) is 6.54 Å². The minimum absolute atomic E-state index is 0.401. The Kier molecular flexibility index (Phi) is 2.05. The molecule has 0 spiro atoms. The molecule has 0 radical (unpaired) electrons. The van der Waals surface area contributed by atoms with Crippen LogP contribution in [0, 0.1) is 0 Å². The molecule has 0 aliphatic rings. The van der Waals surface area contributed by atoms with Crippen LogP contribution in [0.5, 0.6) is 0 Å². The van der Waals surface area contributed by atoms with Crippen molar-refractivity contribution in [3.8, 4) is 11.3 Å². The topological polar surface area (TPSA) is 61.1 Å². The number of nitrogens with two attached hydrogens (primary N) is 1. The molecular weight excluding hydrogens is 222 g/mol. The van der Waals surface area contributed by atoms with Crippen LogP contribution in [0.1, 0.15) is 5.82 Å². The Morgan fingerprint density at radius 2 is 2.31 bits per heavy atom. The van der Waals surface area contributed by atoms with Crippen LogP contribution in [0.15, 0.2) is 23.8 Å². The number of nitrogens with zero attached hydrogens (tertiary/aromatic N) is 4. The van der Waals surface area contributed by atoms with Crippen LogP contribution in [-0.4, -0.2) is 19.2 Å². The van der Waals surface area contributed by atoms with E-state index in [9.17, 15) is 0 Å². The lowest BCUT2D eigenvalue weighted by Gasteiger charge is -1.98. The number of aromatic nitrogens is 4. The molecule has 0 fully saturated rings. The molecule has 0 amide bonds. The molecule has 0 unspecified atom stereocenters. The SMILES string of the molecule is Cn1ccc(-c2csc3nnc(CN)n23)c1. The quantitative estimate of drug-likeness (QED) is 0.724. The summed E-state index contributed by atoms with van der Waals surface area (Å²) in [5, 5.41) is 10.2. The lowest BCUT2D eigenvalue weighted by Crippen LogP contribution is -2.02. The number of aryl methyl sites for hydroxylation is 1. The van der Waals surface area contributed by atoms with Crippen molar-refractivity contribution in [3.05, 3.63) is 29.7 Å². The van der Waals surface area contributed by atoms with Gasteiger partial charge in [-0.15, -0.1) is 21.5 Å². The molecule has 2 N–H and O–H groups in total. The van der Waals surface area contributed by atoms with Crippen LogP contribution in [-0.2, 0) is 13.6 Å². The third-order valence-corrected chi connectivity index (χ3v) is 3.34. The summed E-state index contributed by atoms with van der Waals surface area (Å²) in [6, 6.07) is 2.07. The number of hydrogen-bond acceptors (Lipinski definition) is 4. The minimum Gasteiger partial charge on any atom is -0.357 e. The first kappa shape index (κ1) is 9.56. The third-order valence-electron chi connectivity index (χ3n) is 2.53. The molecule has 0 aromatic carbocycles. The van der Waals surface area contributed by atoms with Gasteiger partial charge in [0, 0.05) is 30.4 Å². The molecule has 3 aromatic rings. The summed E-state index contributed by atoms with van der Waals surface area (Å²) in [5.41, 5.74) is 7.91. The molecule has 5 nitrogen and oxygen atoms in total. The van der Waals surface area contributed by atoms with Crippen molar-refractivity contribution >= 4 is 16.3 Å². The van der Waals surface area contributed by atoms with Gasteiger partial charge >= 0.3 is 0 Å². The van der Waals surface area contributed by atoms with Crippen LogP contribution in [0.25, 0.3) is 16.2 Å². The zero-order valence-electron chi connectivity index (χ0n) is 8.79. The Bertz CT molecular complexity index is 633. The van der Waals surface area contributed by atoms with Crippen LogP contribution in [0.3, 0.4) is 0 Å². The van der Waals surface area contributed by atoms with Gasteiger partial charge in [-0.25, -0.2) is 0 Å². The maximum absolute atomic E-state index is 5.65. The van der Waals surface area contributed by atoms with E-state index in [-0.39, 0.29) is 0 Å². The van der Waals surface area contributed by atoms with E-state index in [0.717, 1.165) is 22.0 Å². The summed E-state index contributed by atoms with van der Waals surface area (Å²) in [6.07, 6.45) is 4.09. The Morgan fingerprint density at radius 3 is 3.00 bits per heavy atom. The van der Waals surface area contributed by atoms with Crippen molar-refractivity contribution in [2.45, 2.75) is 6.54 Å². The molecule has 3 aromatic heterocycles. The summed E-state index contributed by atoms with van der Waals surface area (Å²) in [5.74, 6) is 0.801. The summed E-state index contributed by atoms with van der Waals surface area (Å²) >= 11 is 1.58. The van der Waals surface area contributed by atoms with E-state index in [1.807, 2.05) is 22.2 Å². The molecule has 3 heterocycles. The lowest BCUT2D eigenvalue weighted by molar-refractivity contribution is 0.886. The fraction of sp³-hybridized carbons (Fsp3) is 0.200. The fourth-order valence-electron chi connectivity index (χ4n) is 1.76. The van der Waals surface area contributed by atoms with Gasteiger partial charge in [0.15, 0.2) is 5.82 Å². The van der Waals surface area contributed by atoms with Crippen molar-refractivity contribution < 1.29 is 0 Å². The second-order valence-electron chi connectivity index (χ2n) is 3.62. The van der Waals surface area contributed by atoms with Gasteiger partial charge in [0.05, 0.1) is 12.2 Å². The second kappa shape index (κ2) is 3.43. The van der Waals surface area contributed by atoms with Gasteiger partial charge in [-0.3, -0.25) is 4.40 Å². The number of fused-ring (bicyclic) bond motifs is 1. The smallest absolute Gasteiger partial charge is 0.216 e. The molecule has 3 rings (SSSR count). The van der Waals surface area contributed by atoms with Crippen LogP contribution >= 0.6 is 11.3 Å². The van der Waals surface area contributed by atoms with E-state index in [1.165, 1.54) is 0 Å². The molecule has 0 saturated heterocycles. The molecule has 0 aliphatic carbocycles. The maximum Gasteiger partial charge on any atom is 0.216 e. The van der Waals surface area contributed by atoms with Gasteiger partial charge in [0.2, 0.25) is 4.96 Å². The molecule has 0 aliphatic heterocycles.